The highest BCUT2D eigenvalue weighted by molar-refractivity contribution is 5.85. The third-order valence-corrected chi connectivity index (χ3v) is 3.72. The number of nitriles is 1. The molecule has 1 N–H and O–H groups in total. The van der Waals surface area contributed by atoms with Crippen LogP contribution in [0, 0.1) is 11.3 Å². The predicted octanol–water partition coefficient (Wildman–Crippen LogP) is 3.99. The van der Waals surface area contributed by atoms with Gasteiger partial charge in [-0.05, 0) is 34.0 Å². The normalized spacial score (nSPS) is 12.0. The molecule has 0 saturated carbocycles. The zero-order valence-corrected chi connectivity index (χ0v) is 11.5. The molecule has 0 aliphatic carbocycles. The number of fused-ring (bicyclic) bond motifs is 1. The molecule has 0 aliphatic heterocycles. The van der Waals surface area contributed by atoms with Gasteiger partial charge in [-0.25, -0.2) is 0 Å². The Morgan fingerprint density at radius 2 is 1.62 bits per heavy atom. The van der Waals surface area contributed by atoms with Crippen LogP contribution in [0.15, 0.2) is 66.7 Å². The summed E-state index contributed by atoms with van der Waals surface area (Å²) in [4.78, 5) is 0. The van der Waals surface area contributed by atoms with Crippen molar-refractivity contribution in [3.05, 3.63) is 83.4 Å². The first-order valence-corrected chi connectivity index (χ1v) is 6.93. The zero-order valence-electron chi connectivity index (χ0n) is 11.5. The molecule has 102 valence electrons. The Balaban J connectivity index is 1.89. The van der Waals surface area contributed by atoms with E-state index in [2.05, 4.69) is 30.3 Å². The molecule has 0 aromatic heterocycles. The van der Waals surface area contributed by atoms with Crippen LogP contribution in [0.25, 0.3) is 10.8 Å². The van der Waals surface area contributed by atoms with Crippen LogP contribution in [-0.2, 0) is 6.42 Å². The van der Waals surface area contributed by atoms with Crippen LogP contribution in [0.4, 0.5) is 0 Å². The lowest BCUT2D eigenvalue weighted by Crippen LogP contribution is -2.02. The second kappa shape index (κ2) is 5.78. The fourth-order valence-corrected chi connectivity index (χ4v) is 2.58. The number of aliphatic hydroxyl groups excluding tert-OH is 1. The van der Waals surface area contributed by atoms with Gasteiger partial charge in [0, 0.05) is 6.42 Å². The highest BCUT2D eigenvalue weighted by Crippen LogP contribution is 2.24. The average Bonchev–Trinajstić information content (AvgIpc) is 2.55. The molecule has 1 unspecified atom stereocenters. The molecule has 21 heavy (non-hydrogen) atoms. The van der Waals surface area contributed by atoms with Crippen molar-refractivity contribution >= 4 is 10.8 Å². The van der Waals surface area contributed by atoms with E-state index in [9.17, 15) is 5.11 Å². The first-order chi connectivity index (χ1) is 10.3. The molecule has 3 rings (SSSR count). The molecule has 2 nitrogen and oxygen atoms in total. The number of rotatable bonds is 3. The maximum Gasteiger partial charge on any atom is 0.0991 e. The molecule has 0 saturated heterocycles. The molecule has 2 heteroatoms. The molecule has 0 fully saturated rings. The smallest absolute Gasteiger partial charge is 0.0991 e. The van der Waals surface area contributed by atoms with Gasteiger partial charge >= 0.3 is 0 Å². The number of aliphatic hydroxyl groups is 1. The quantitative estimate of drug-likeness (QED) is 0.784. The monoisotopic (exact) mass is 273 g/mol. The standard InChI is InChI=1S/C19H15NO/c20-13-14-8-10-16(11-9-14)19(21)12-17-6-3-5-15-4-1-2-7-18(15)17/h1-11,19,21H,12H2. The van der Waals surface area contributed by atoms with E-state index in [4.69, 9.17) is 5.26 Å². The second-order valence-corrected chi connectivity index (χ2v) is 5.09. The van der Waals surface area contributed by atoms with Gasteiger partial charge in [-0.2, -0.15) is 5.26 Å². The second-order valence-electron chi connectivity index (χ2n) is 5.09. The van der Waals surface area contributed by atoms with Crippen molar-refractivity contribution in [2.45, 2.75) is 12.5 Å². The summed E-state index contributed by atoms with van der Waals surface area (Å²) in [6, 6.07) is 23.5. The van der Waals surface area contributed by atoms with Gasteiger partial charge in [0.05, 0.1) is 17.7 Å². The van der Waals surface area contributed by atoms with Crippen LogP contribution >= 0.6 is 0 Å². The Morgan fingerprint density at radius 3 is 2.38 bits per heavy atom. The van der Waals surface area contributed by atoms with Crippen molar-refractivity contribution in [2.75, 3.05) is 0 Å². The van der Waals surface area contributed by atoms with E-state index in [0.29, 0.717) is 12.0 Å². The summed E-state index contributed by atoms with van der Waals surface area (Å²) in [5, 5.41) is 21.6. The van der Waals surface area contributed by atoms with Crippen molar-refractivity contribution in [1.29, 1.82) is 5.26 Å². The molecule has 0 aliphatic rings. The topological polar surface area (TPSA) is 44.0 Å². The lowest BCUT2D eigenvalue weighted by Gasteiger charge is -2.13. The zero-order chi connectivity index (χ0) is 14.7. The largest absolute Gasteiger partial charge is 0.388 e. The molecule has 0 radical (unpaired) electrons. The third kappa shape index (κ3) is 2.79. The van der Waals surface area contributed by atoms with E-state index < -0.39 is 6.10 Å². The van der Waals surface area contributed by atoms with E-state index in [0.717, 1.165) is 11.1 Å². The molecule has 0 amide bonds. The summed E-state index contributed by atoms with van der Waals surface area (Å²) >= 11 is 0. The van der Waals surface area contributed by atoms with Crippen LogP contribution in [-0.4, -0.2) is 5.11 Å². The van der Waals surface area contributed by atoms with E-state index in [1.54, 1.807) is 12.1 Å². The molecule has 1 atom stereocenters. The number of nitrogens with zero attached hydrogens (tertiary/aromatic N) is 1. The molecular formula is C19H15NO. The highest BCUT2D eigenvalue weighted by Gasteiger charge is 2.10. The van der Waals surface area contributed by atoms with Gasteiger partial charge in [-0.15, -0.1) is 0 Å². The SMILES string of the molecule is N#Cc1ccc(C(O)Cc2cccc3ccccc23)cc1. The number of hydrogen-bond acceptors (Lipinski definition) is 2. The summed E-state index contributed by atoms with van der Waals surface area (Å²) in [5.41, 5.74) is 2.57. The lowest BCUT2D eigenvalue weighted by atomic mass is 9.96. The van der Waals surface area contributed by atoms with Crippen molar-refractivity contribution in [2.24, 2.45) is 0 Å². The van der Waals surface area contributed by atoms with E-state index in [1.807, 2.05) is 30.3 Å². The first-order valence-electron chi connectivity index (χ1n) is 6.93. The highest BCUT2D eigenvalue weighted by atomic mass is 16.3. The van der Waals surface area contributed by atoms with Crippen molar-refractivity contribution in [3.63, 3.8) is 0 Å². The minimum atomic E-state index is -0.566. The van der Waals surface area contributed by atoms with Crippen LogP contribution in [0.5, 0.6) is 0 Å². The molecule has 0 bridgehead atoms. The summed E-state index contributed by atoms with van der Waals surface area (Å²) in [5.74, 6) is 0. The summed E-state index contributed by atoms with van der Waals surface area (Å²) in [6.07, 6.45) is -0.00341. The maximum atomic E-state index is 10.4. The van der Waals surface area contributed by atoms with Crippen molar-refractivity contribution in [1.82, 2.24) is 0 Å². The van der Waals surface area contributed by atoms with Crippen LogP contribution < -0.4 is 0 Å². The van der Waals surface area contributed by atoms with Crippen molar-refractivity contribution in [3.8, 4) is 6.07 Å². The molecule has 3 aromatic carbocycles. The van der Waals surface area contributed by atoms with E-state index in [-0.39, 0.29) is 0 Å². The third-order valence-electron chi connectivity index (χ3n) is 3.72. The Labute approximate surface area is 123 Å². The summed E-state index contributed by atoms with van der Waals surface area (Å²) in [6.45, 7) is 0. The minimum Gasteiger partial charge on any atom is -0.388 e. The van der Waals surface area contributed by atoms with Crippen LogP contribution in [0.3, 0.4) is 0 Å². The average molecular weight is 273 g/mol. The summed E-state index contributed by atoms with van der Waals surface area (Å²) in [7, 11) is 0. The first kappa shape index (κ1) is 13.4. The molecular weight excluding hydrogens is 258 g/mol. The fourth-order valence-electron chi connectivity index (χ4n) is 2.58. The van der Waals surface area contributed by atoms with Gasteiger partial charge in [0.15, 0.2) is 0 Å². The summed E-state index contributed by atoms with van der Waals surface area (Å²) < 4.78 is 0. The van der Waals surface area contributed by atoms with E-state index >= 15 is 0 Å². The molecule has 0 spiro atoms. The fraction of sp³-hybridized carbons (Fsp3) is 0.105. The van der Waals surface area contributed by atoms with E-state index in [1.165, 1.54) is 10.8 Å². The molecule has 3 aromatic rings. The van der Waals surface area contributed by atoms with Gasteiger partial charge < -0.3 is 5.11 Å². The van der Waals surface area contributed by atoms with Crippen molar-refractivity contribution < 1.29 is 5.11 Å². The minimum absolute atomic E-state index is 0.563. The Bertz CT molecular complexity index is 794. The number of benzene rings is 3. The van der Waals surface area contributed by atoms with Gasteiger partial charge in [-0.3, -0.25) is 0 Å². The van der Waals surface area contributed by atoms with Gasteiger partial charge in [-0.1, -0.05) is 54.6 Å². The Hall–Kier alpha value is -2.63. The lowest BCUT2D eigenvalue weighted by molar-refractivity contribution is 0.179. The van der Waals surface area contributed by atoms with Gasteiger partial charge in [0.2, 0.25) is 0 Å². The molecule has 0 heterocycles. The van der Waals surface area contributed by atoms with Crippen LogP contribution in [0.2, 0.25) is 0 Å². The Morgan fingerprint density at radius 1 is 0.905 bits per heavy atom. The maximum absolute atomic E-state index is 10.4. The van der Waals surface area contributed by atoms with Gasteiger partial charge in [0.25, 0.3) is 0 Å². The predicted molar refractivity (Wildman–Crippen MR) is 83.8 cm³/mol. The number of hydrogen-bond donors (Lipinski definition) is 1. The van der Waals surface area contributed by atoms with Crippen LogP contribution in [0.1, 0.15) is 22.8 Å². The van der Waals surface area contributed by atoms with Gasteiger partial charge in [0.1, 0.15) is 0 Å². The Kier molecular flexibility index (Phi) is 3.68.